The van der Waals surface area contributed by atoms with Crippen LogP contribution in [0.1, 0.15) is 29.7 Å². The monoisotopic (exact) mass is 321 g/mol. The Bertz CT molecular complexity index is 551. The molecule has 1 unspecified atom stereocenters. The number of halogens is 2. The van der Waals surface area contributed by atoms with Crippen molar-refractivity contribution in [1.29, 1.82) is 0 Å². The molecule has 0 aromatic heterocycles. The van der Waals surface area contributed by atoms with Crippen molar-refractivity contribution in [3.8, 4) is 0 Å². The van der Waals surface area contributed by atoms with Crippen LogP contribution in [-0.2, 0) is 12.8 Å². The summed E-state index contributed by atoms with van der Waals surface area (Å²) in [6, 6.07) is 13.3. The highest BCUT2D eigenvalue weighted by atomic mass is 79.9. The average Bonchev–Trinajstić information content (AvgIpc) is 2.42. The molecule has 0 heterocycles. The molecule has 2 aromatic carbocycles. The second-order valence-corrected chi connectivity index (χ2v) is 5.51. The predicted octanol–water partition coefficient (Wildman–Crippen LogP) is 4.39. The van der Waals surface area contributed by atoms with Crippen LogP contribution in [0.2, 0.25) is 0 Å². The first-order chi connectivity index (χ1) is 9.10. The number of benzene rings is 2. The number of rotatable bonds is 4. The summed E-state index contributed by atoms with van der Waals surface area (Å²) in [7, 11) is 0. The van der Waals surface area contributed by atoms with Gasteiger partial charge in [0.25, 0.3) is 0 Å². The second kappa shape index (κ2) is 6.31. The first-order valence-corrected chi connectivity index (χ1v) is 7.17. The lowest BCUT2D eigenvalue weighted by molar-refractivity contribution is 0.612. The minimum absolute atomic E-state index is 0.185. The molecule has 0 spiro atoms. The summed E-state index contributed by atoms with van der Waals surface area (Å²) in [5.74, 6) is -0.269. The Hall–Kier alpha value is -1.19. The van der Waals surface area contributed by atoms with Crippen molar-refractivity contribution in [3.05, 3.63) is 69.4 Å². The number of aryl methyl sites for hydroxylation is 1. The van der Waals surface area contributed by atoms with Crippen molar-refractivity contribution in [1.82, 2.24) is 0 Å². The fraction of sp³-hybridized carbons (Fsp3) is 0.250. The van der Waals surface area contributed by atoms with Gasteiger partial charge in [0.1, 0.15) is 5.82 Å². The van der Waals surface area contributed by atoms with E-state index >= 15 is 0 Å². The molecule has 0 saturated heterocycles. The van der Waals surface area contributed by atoms with Gasteiger partial charge in [-0.05, 0) is 57.6 Å². The van der Waals surface area contributed by atoms with Gasteiger partial charge in [0.2, 0.25) is 0 Å². The lowest BCUT2D eigenvalue weighted by Gasteiger charge is -2.13. The van der Waals surface area contributed by atoms with Crippen LogP contribution in [0.15, 0.2) is 46.9 Å². The third-order valence-corrected chi connectivity index (χ3v) is 3.90. The SMILES string of the molecule is CCc1ccc(CC(N)c2ccc(Br)c(F)c2)cc1. The molecule has 2 N–H and O–H groups in total. The van der Waals surface area contributed by atoms with E-state index in [4.69, 9.17) is 5.73 Å². The van der Waals surface area contributed by atoms with Crippen LogP contribution < -0.4 is 5.73 Å². The molecule has 19 heavy (non-hydrogen) atoms. The summed E-state index contributed by atoms with van der Waals surface area (Å²) >= 11 is 3.15. The summed E-state index contributed by atoms with van der Waals surface area (Å²) in [6.45, 7) is 2.13. The van der Waals surface area contributed by atoms with Gasteiger partial charge in [-0.1, -0.05) is 37.3 Å². The van der Waals surface area contributed by atoms with Crippen molar-refractivity contribution in [2.45, 2.75) is 25.8 Å². The van der Waals surface area contributed by atoms with Crippen molar-refractivity contribution in [3.63, 3.8) is 0 Å². The first-order valence-electron chi connectivity index (χ1n) is 6.38. The van der Waals surface area contributed by atoms with E-state index in [1.807, 2.05) is 6.07 Å². The lowest BCUT2D eigenvalue weighted by Crippen LogP contribution is -2.13. The minimum atomic E-state index is -0.269. The Morgan fingerprint density at radius 3 is 2.32 bits per heavy atom. The highest BCUT2D eigenvalue weighted by molar-refractivity contribution is 9.10. The van der Waals surface area contributed by atoms with E-state index in [9.17, 15) is 4.39 Å². The van der Waals surface area contributed by atoms with Crippen LogP contribution in [0.5, 0.6) is 0 Å². The van der Waals surface area contributed by atoms with Crippen molar-refractivity contribution >= 4 is 15.9 Å². The fourth-order valence-electron chi connectivity index (χ4n) is 2.03. The summed E-state index contributed by atoms with van der Waals surface area (Å²) in [5, 5.41) is 0. The maximum Gasteiger partial charge on any atom is 0.137 e. The standard InChI is InChI=1S/C16H17BrFN/c1-2-11-3-5-12(6-4-11)9-16(19)13-7-8-14(17)15(18)10-13/h3-8,10,16H,2,9,19H2,1H3. The molecule has 1 atom stereocenters. The third-order valence-electron chi connectivity index (χ3n) is 3.26. The molecule has 0 radical (unpaired) electrons. The molecule has 2 rings (SSSR count). The fourth-order valence-corrected chi connectivity index (χ4v) is 2.27. The van der Waals surface area contributed by atoms with E-state index in [1.54, 1.807) is 6.07 Å². The van der Waals surface area contributed by atoms with Crippen molar-refractivity contribution < 1.29 is 4.39 Å². The first kappa shape index (κ1) is 14.2. The maximum absolute atomic E-state index is 13.5. The van der Waals surface area contributed by atoms with E-state index < -0.39 is 0 Å². The largest absolute Gasteiger partial charge is 0.324 e. The maximum atomic E-state index is 13.5. The Morgan fingerprint density at radius 2 is 1.74 bits per heavy atom. The number of hydrogen-bond acceptors (Lipinski definition) is 1. The molecular weight excluding hydrogens is 305 g/mol. The van der Waals surface area contributed by atoms with E-state index in [-0.39, 0.29) is 11.9 Å². The zero-order valence-corrected chi connectivity index (χ0v) is 12.5. The third kappa shape index (κ3) is 3.64. The molecule has 0 aliphatic rings. The van der Waals surface area contributed by atoms with Crippen LogP contribution in [0.25, 0.3) is 0 Å². The zero-order valence-electron chi connectivity index (χ0n) is 10.9. The van der Waals surface area contributed by atoms with Gasteiger partial charge in [0.05, 0.1) is 4.47 Å². The van der Waals surface area contributed by atoms with Crippen LogP contribution in [0.4, 0.5) is 4.39 Å². The number of hydrogen-bond donors (Lipinski definition) is 1. The number of nitrogens with two attached hydrogens (primary N) is 1. The van der Waals surface area contributed by atoms with Gasteiger partial charge in [-0.15, -0.1) is 0 Å². The van der Waals surface area contributed by atoms with Gasteiger partial charge in [0.15, 0.2) is 0 Å². The van der Waals surface area contributed by atoms with E-state index in [0.29, 0.717) is 10.9 Å². The van der Waals surface area contributed by atoms with Gasteiger partial charge in [-0.3, -0.25) is 0 Å². The smallest absolute Gasteiger partial charge is 0.137 e. The molecule has 3 heteroatoms. The van der Waals surface area contributed by atoms with Crippen LogP contribution in [-0.4, -0.2) is 0 Å². The van der Waals surface area contributed by atoms with Gasteiger partial charge in [-0.2, -0.15) is 0 Å². The van der Waals surface area contributed by atoms with Crippen molar-refractivity contribution in [2.75, 3.05) is 0 Å². The van der Waals surface area contributed by atoms with Crippen LogP contribution >= 0.6 is 15.9 Å². The Labute approximate surface area is 121 Å². The Morgan fingerprint density at radius 1 is 1.11 bits per heavy atom. The molecule has 0 fully saturated rings. The molecule has 2 aromatic rings. The molecule has 0 aliphatic carbocycles. The highest BCUT2D eigenvalue weighted by Crippen LogP contribution is 2.22. The van der Waals surface area contributed by atoms with Crippen molar-refractivity contribution in [2.24, 2.45) is 5.73 Å². The van der Waals surface area contributed by atoms with Crippen LogP contribution in [0.3, 0.4) is 0 Å². The average molecular weight is 322 g/mol. The van der Waals surface area contributed by atoms with E-state index in [1.165, 1.54) is 17.2 Å². The molecule has 0 saturated carbocycles. The molecular formula is C16H17BrFN. The van der Waals surface area contributed by atoms with E-state index in [2.05, 4.69) is 47.1 Å². The lowest BCUT2D eigenvalue weighted by atomic mass is 9.98. The van der Waals surface area contributed by atoms with Gasteiger partial charge >= 0.3 is 0 Å². The molecule has 1 nitrogen and oxygen atoms in total. The second-order valence-electron chi connectivity index (χ2n) is 4.65. The predicted molar refractivity (Wildman–Crippen MR) is 80.6 cm³/mol. The summed E-state index contributed by atoms with van der Waals surface area (Å²) in [5.41, 5.74) is 9.44. The quantitative estimate of drug-likeness (QED) is 0.887. The molecule has 0 amide bonds. The Kier molecular flexibility index (Phi) is 4.72. The normalized spacial score (nSPS) is 12.4. The topological polar surface area (TPSA) is 26.0 Å². The summed E-state index contributed by atoms with van der Waals surface area (Å²) in [6.07, 6.45) is 1.75. The van der Waals surface area contributed by atoms with Crippen LogP contribution in [0, 0.1) is 5.82 Å². The van der Waals surface area contributed by atoms with Gasteiger partial charge < -0.3 is 5.73 Å². The molecule has 100 valence electrons. The van der Waals surface area contributed by atoms with Gasteiger partial charge in [0, 0.05) is 6.04 Å². The summed E-state index contributed by atoms with van der Waals surface area (Å²) < 4.78 is 13.9. The molecule has 0 aliphatic heterocycles. The summed E-state index contributed by atoms with van der Waals surface area (Å²) in [4.78, 5) is 0. The Balaban J connectivity index is 2.10. The minimum Gasteiger partial charge on any atom is -0.324 e. The van der Waals surface area contributed by atoms with Gasteiger partial charge in [-0.25, -0.2) is 4.39 Å². The highest BCUT2D eigenvalue weighted by Gasteiger charge is 2.09. The molecule has 0 bridgehead atoms. The zero-order chi connectivity index (χ0) is 13.8. The van der Waals surface area contributed by atoms with E-state index in [0.717, 1.165) is 12.0 Å².